The molecular formula is C19H31ClN4O3. The minimum atomic E-state index is -0.741. The van der Waals surface area contributed by atoms with Crippen molar-refractivity contribution in [1.82, 2.24) is 20.4 Å². The molecule has 27 heavy (non-hydrogen) atoms. The summed E-state index contributed by atoms with van der Waals surface area (Å²) in [6, 6.07) is 0.0908. The smallest absolute Gasteiger partial charge is 0.325 e. The van der Waals surface area contributed by atoms with Gasteiger partial charge >= 0.3 is 6.03 Å². The summed E-state index contributed by atoms with van der Waals surface area (Å²) in [6.07, 6.45) is 8.99. The topological polar surface area (TPSA) is 81.8 Å². The molecule has 0 atom stereocenters. The van der Waals surface area contributed by atoms with Crippen molar-refractivity contribution in [2.45, 2.75) is 69.4 Å². The maximum Gasteiger partial charge on any atom is 0.325 e. The normalized spacial score (nSPS) is 25.5. The van der Waals surface area contributed by atoms with Gasteiger partial charge < -0.3 is 15.5 Å². The zero-order valence-corrected chi connectivity index (χ0v) is 16.7. The second kappa shape index (κ2) is 8.35. The first-order valence-electron chi connectivity index (χ1n) is 10.2. The summed E-state index contributed by atoms with van der Waals surface area (Å²) in [5, 5.41) is 6.48. The van der Waals surface area contributed by atoms with Crippen LogP contribution in [0.25, 0.3) is 0 Å². The SMILES string of the molecule is Cl.O=C(CN1C(=O)NC2(CCCCC2)C1=O)N1CCC(NCC2CC2)CC1. The summed E-state index contributed by atoms with van der Waals surface area (Å²) in [5.74, 6) is 0.556. The minimum absolute atomic E-state index is 0. The number of hydrogen-bond acceptors (Lipinski definition) is 4. The lowest BCUT2D eigenvalue weighted by Gasteiger charge is -2.33. The van der Waals surface area contributed by atoms with Crippen LogP contribution in [-0.4, -0.2) is 65.4 Å². The molecule has 4 amide bonds. The Morgan fingerprint density at radius 3 is 2.37 bits per heavy atom. The fraction of sp³-hybridized carbons (Fsp3) is 0.842. The molecule has 4 rings (SSSR count). The van der Waals surface area contributed by atoms with Gasteiger partial charge in [-0.2, -0.15) is 0 Å². The van der Waals surface area contributed by atoms with Crippen molar-refractivity contribution in [2.24, 2.45) is 5.92 Å². The molecule has 2 aliphatic heterocycles. The fourth-order valence-corrected chi connectivity index (χ4v) is 4.54. The molecule has 4 fully saturated rings. The van der Waals surface area contributed by atoms with Gasteiger partial charge in [-0.3, -0.25) is 14.5 Å². The van der Waals surface area contributed by atoms with Crippen molar-refractivity contribution in [3.8, 4) is 0 Å². The molecule has 0 bridgehead atoms. The molecule has 8 heteroatoms. The van der Waals surface area contributed by atoms with Gasteiger partial charge in [-0.25, -0.2) is 4.79 Å². The number of hydrogen-bond donors (Lipinski definition) is 2. The van der Waals surface area contributed by atoms with Gasteiger partial charge in [0.25, 0.3) is 5.91 Å². The van der Waals surface area contributed by atoms with Crippen molar-refractivity contribution >= 4 is 30.3 Å². The van der Waals surface area contributed by atoms with E-state index in [1.807, 2.05) is 4.90 Å². The Balaban J connectivity index is 0.00000210. The van der Waals surface area contributed by atoms with Crippen LogP contribution in [0.3, 0.4) is 0 Å². The Labute approximate surface area is 167 Å². The van der Waals surface area contributed by atoms with E-state index in [9.17, 15) is 14.4 Å². The number of urea groups is 1. The third-order valence-corrected chi connectivity index (χ3v) is 6.49. The molecule has 7 nitrogen and oxygen atoms in total. The van der Waals surface area contributed by atoms with E-state index in [4.69, 9.17) is 0 Å². The molecule has 0 aromatic heterocycles. The lowest BCUT2D eigenvalue weighted by atomic mass is 9.82. The molecule has 4 aliphatic rings. The maximum absolute atomic E-state index is 12.8. The number of carbonyl (C=O) groups excluding carboxylic acids is 3. The summed E-state index contributed by atoms with van der Waals surface area (Å²) < 4.78 is 0. The number of halogens is 1. The molecule has 2 heterocycles. The van der Waals surface area contributed by atoms with E-state index in [0.29, 0.717) is 32.0 Å². The number of nitrogens with one attached hydrogen (secondary N) is 2. The number of carbonyl (C=O) groups is 3. The quantitative estimate of drug-likeness (QED) is 0.690. The van der Waals surface area contributed by atoms with Crippen LogP contribution in [0.5, 0.6) is 0 Å². The Bertz CT molecular complexity index is 582. The second-order valence-electron chi connectivity index (χ2n) is 8.47. The van der Waals surface area contributed by atoms with E-state index in [2.05, 4.69) is 10.6 Å². The minimum Gasteiger partial charge on any atom is -0.341 e. The maximum atomic E-state index is 12.8. The van der Waals surface area contributed by atoms with E-state index in [1.165, 1.54) is 12.8 Å². The number of amides is 4. The highest BCUT2D eigenvalue weighted by molar-refractivity contribution is 6.09. The van der Waals surface area contributed by atoms with Crippen molar-refractivity contribution in [2.75, 3.05) is 26.2 Å². The Morgan fingerprint density at radius 1 is 1.07 bits per heavy atom. The highest BCUT2D eigenvalue weighted by Gasteiger charge is 2.51. The first-order chi connectivity index (χ1) is 12.6. The second-order valence-corrected chi connectivity index (χ2v) is 8.47. The van der Waals surface area contributed by atoms with Crippen molar-refractivity contribution in [1.29, 1.82) is 0 Å². The van der Waals surface area contributed by atoms with Gasteiger partial charge in [0.15, 0.2) is 0 Å². The number of piperidine rings is 1. The molecule has 2 aliphatic carbocycles. The zero-order valence-electron chi connectivity index (χ0n) is 15.9. The molecule has 0 aromatic carbocycles. The van der Waals surface area contributed by atoms with Crippen molar-refractivity contribution in [3.63, 3.8) is 0 Å². The summed E-state index contributed by atoms with van der Waals surface area (Å²) in [5.41, 5.74) is -0.741. The van der Waals surface area contributed by atoms with Gasteiger partial charge in [0.2, 0.25) is 5.91 Å². The zero-order chi connectivity index (χ0) is 18.1. The number of imide groups is 1. The third kappa shape index (κ3) is 4.40. The predicted molar refractivity (Wildman–Crippen MR) is 104 cm³/mol. The molecule has 0 radical (unpaired) electrons. The van der Waals surface area contributed by atoms with Crippen LogP contribution in [-0.2, 0) is 9.59 Å². The third-order valence-electron chi connectivity index (χ3n) is 6.49. The first-order valence-corrected chi connectivity index (χ1v) is 10.2. The molecule has 2 N–H and O–H groups in total. The van der Waals surface area contributed by atoms with Gasteiger partial charge in [0.05, 0.1) is 0 Å². The van der Waals surface area contributed by atoms with E-state index in [1.54, 1.807) is 0 Å². The Kier molecular flexibility index (Phi) is 6.31. The van der Waals surface area contributed by atoms with E-state index >= 15 is 0 Å². The monoisotopic (exact) mass is 398 g/mol. The molecule has 2 saturated heterocycles. The van der Waals surface area contributed by atoms with Crippen LogP contribution in [0, 0.1) is 5.92 Å². The molecular weight excluding hydrogens is 368 g/mol. The lowest BCUT2D eigenvalue weighted by Crippen LogP contribution is -2.50. The van der Waals surface area contributed by atoms with Crippen LogP contribution >= 0.6 is 12.4 Å². The van der Waals surface area contributed by atoms with E-state index in [0.717, 1.165) is 49.5 Å². The van der Waals surface area contributed by atoms with Crippen LogP contribution in [0.2, 0.25) is 0 Å². The number of rotatable bonds is 5. The van der Waals surface area contributed by atoms with Gasteiger partial charge in [-0.15, -0.1) is 12.4 Å². The van der Waals surface area contributed by atoms with Gasteiger partial charge in [0.1, 0.15) is 12.1 Å². The molecule has 1 spiro atoms. The Hall–Kier alpha value is -1.34. The average molecular weight is 399 g/mol. The largest absolute Gasteiger partial charge is 0.341 e. The highest BCUT2D eigenvalue weighted by Crippen LogP contribution is 2.33. The predicted octanol–water partition coefficient (Wildman–Crippen LogP) is 1.65. The van der Waals surface area contributed by atoms with E-state index < -0.39 is 11.6 Å². The lowest BCUT2D eigenvalue weighted by molar-refractivity contribution is -0.140. The standard InChI is InChI=1S/C19H30N4O3.ClH/c24-16(22-10-6-15(7-11-22)20-12-14-4-5-14)13-23-17(25)19(21-18(23)26)8-2-1-3-9-19;/h14-15,20H,1-13H2,(H,21,26);1H. The average Bonchev–Trinajstić information content (AvgIpc) is 3.46. The van der Waals surface area contributed by atoms with Crippen LogP contribution in [0.1, 0.15) is 57.8 Å². The van der Waals surface area contributed by atoms with Gasteiger partial charge in [-0.1, -0.05) is 19.3 Å². The summed E-state index contributed by atoms with van der Waals surface area (Å²) in [4.78, 5) is 40.7. The van der Waals surface area contributed by atoms with Crippen molar-refractivity contribution in [3.05, 3.63) is 0 Å². The first kappa shape index (κ1) is 20.4. The van der Waals surface area contributed by atoms with Gasteiger partial charge in [0, 0.05) is 19.1 Å². The number of likely N-dealkylation sites (tertiary alicyclic amines) is 1. The van der Waals surface area contributed by atoms with Crippen molar-refractivity contribution < 1.29 is 14.4 Å². The highest BCUT2D eigenvalue weighted by atomic mass is 35.5. The van der Waals surface area contributed by atoms with E-state index in [-0.39, 0.29) is 30.8 Å². The Morgan fingerprint density at radius 2 is 1.74 bits per heavy atom. The molecule has 0 aromatic rings. The van der Waals surface area contributed by atoms with Crippen LogP contribution in [0.4, 0.5) is 4.79 Å². The summed E-state index contributed by atoms with van der Waals surface area (Å²) in [7, 11) is 0. The molecule has 0 unspecified atom stereocenters. The van der Waals surface area contributed by atoms with Crippen LogP contribution in [0.15, 0.2) is 0 Å². The van der Waals surface area contributed by atoms with Gasteiger partial charge in [-0.05, 0) is 51.0 Å². The number of nitrogens with zero attached hydrogens (tertiary/aromatic N) is 2. The molecule has 152 valence electrons. The van der Waals surface area contributed by atoms with Crippen LogP contribution < -0.4 is 10.6 Å². The summed E-state index contributed by atoms with van der Waals surface area (Å²) >= 11 is 0. The fourth-order valence-electron chi connectivity index (χ4n) is 4.54. The molecule has 2 saturated carbocycles. The summed E-state index contributed by atoms with van der Waals surface area (Å²) in [6.45, 7) is 2.39.